The Kier molecular flexibility index (Phi) is 6.26. The van der Waals surface area contributed by atoms with Crippen LogP contribution in [0.3, 0.4) is 0 Å². The van der Waals surface area contributed by atoms with Gasteiger partial charge in [0.05, 0.1) is 19.8 Å². The molecule has 0 unspecified atom stereocenters. The predicted molar refractivity (Wildman–Crippen MR) is 55.3 cm³/mol. The summed E-state index contributed by atoms with van der Waals surface area (Å²) in [6.07, 6.45) is -4.31. The van der Waals surface area contributed by atoms with E-state index in [4.69, 9.17) is 25.5 Å². The number of carbonyl (C=O) groups is 1. The zero-order valence-electron chi connectivity index (χ0n) is 9.47. The van der Waals surface area contributed by atoms with E-state index < -0.39 is 55.6 Å². The molecule has 0 aliphatic carbocycles. The molecule has 0 radical (unpaired) electrons. The molecule has 0 amide bonds. The molecule has 108 valence electrons. The minimum absolute atomic E-state index is 1.03. The van der Waals surface area contributed by atoms with Gasteiger partial charge in [0.25, 0.3) is 0 Å². The second-order valence-electron chi connectivity index (χ2n) is 3.88. The van der Waals surface area contributed by atoms with Gasteiger partial charge in [-0.25, -0.2) is 0 Å². The average Bonchev–Trinajstić information content (AvgIpc) is 2.42. The van der Waals surface area contributed by atoms with E-state index in [1.54, 1.807) is 0 Å². The molecule has 8 N–H and O–H groups in total. The van der Waals surface area contributed by atoms with Crippen molar-refractivity contribution >= 4 is 5.78 Å². The van der Waals surface area contributed by atoms with E-state index >= 15 is 0 Å². The molecule has 9 nitrogen and oxygen atoms in total. The van der Waals surface area contributed by atoms with Crippen molar-refractivity contribution in [2.24, 2.45) is 0 Å². The molecule has 0 aromatic rings. The topological polar surface area (TPSA) is 179 Å². The third-order valence-corrected chi connectivity index (χ3v) is 2.83. The van der Waals surface area contributed by atoms with Crippen LogP contribution in [0.25, 0.3) is 0 Å². The molecule has 18 heavy (non-hydrogen) atoms. The van der Waals surface area contributed by atoms with Crippen molar-refractivity contribution in [2.45, 2.75) is 23.4 Å². The Hall–Kier alpha value is -0.650. The molecule has 0 spiro atoms. The highest BCUT2D eigenvalue weighted by Crippen LogP contribution is 2.28. The summed E-state index contributed by atoms with van der Waals surface area (Å²) in [6.45, 7) is -5.13. The molecule has 0 rings (SSSR count). The van der Waals surface area contributed by atoms with Crippen LogP contribution in [0.5, 0.6) is 0 Å². The number of hydrogen-bond donors (Lipinski definition) is 8. The number of rotatable bonds is 8. The average molecular weight is 270 g/mol. The summed E-state index contributed by atoms with van der Waals surface area (Å²) in [4.78, 5) is 11.3. The van der Waals surface area contributed by atoms with Gasteiger partial charge in [-0.15, -0.1) is 0 Å². The van der Waals surface area contributed by atoms with Crippen LogP contribution in [0.15, 0.2) is 0 Å². The molecule has 0 saturated heterocycles. The Balaban J connectivity index is 5.54. The van der Waals surface area contributed by atoms with Gasteiger partial charge < -0.3 is 40.9 Å². The summed E-state index contributed by atoms with van der Waals surface area (Å²) >= 11 is 0. The third-order valence-electron chi connectivity index (χ3n) is 2.83. The lowest BCUT2D eigenvalue weighted by Crippen LogP contribution is -2.71. The first-order valence-corrected chi connectivity index (χ1v) is 5.02. The molecule has 0 aromatic carbocycles. The lowest BCUT2D eigenvalue weighted by Gasteiger charge is -2.43. The fourth-order valence-corrected chi connectivity index (χ4v) is 1.48. The van der Waals surface area contributed by atoms with Crippen LogP contribution in [0.1, 0.15) is 0 Å². The van der Waals surface area contributed by atoms with Crippen LogP contribution in [0.2, 0.25) is 0 Å². The second-order valence-corrected chi connectivity index (χ2v) is 3.88. The van der Waals surface area contributed by atoms with E-state index in [0.29, 0.717) is 0 Å². The monoisotopic (exact) mass is 270 g/mol. The van der Waals surface area contributed by atoms with Crippen LogP contribution < -0.4 is 0 Å². The van der Waals surface area contributed by atoms with Crippen LogP contribution in [-0.4, -0.2) is 96.5 Å². The zero-order valence-corrected chi connectivity index (χ0v) is 9.47. The highest BCUT2D eigenvalue weighted by Gasteiger charge is 2.59. The Bertz CT molecular complexity index is 283. The van der Waals surface area contributed by atoms with Gasteiger partial charge in [0.15, 0.2) is 17.0 Å². The summed E-state index contributed by atoms with van der Waals surface area (Å²) in [6, 6.07) is 0. The SMILES string of the molecule is O=C(CO)[C@@](O)(CO)[C@](O)(CO)[C@H](O)[C@H](O)CO. The lowest BCUT2D eigenvalue weighted by atomic mass is 9.75. The van der Waals surface area contributed by atoms with Gasteiger partial charge in [0.2, 0.25) is 0 Å². The van der Waals surface area contributed by atoms with E-state index in [1.807, 2.05) is 0 Å². The molecule has 0 heterocycles. The van der Waals surface area contributed by atoms with Gasteiger partial charge in [-0.3, -0.25) is 4.79 Å². The summed E-state index contributed by atoms with van der Waals surface area (Å²) in [5, 5.41) is 73.6. The highest BCUT2D eigenvalue weighted by atomic mass is 16.4. The number of carbonyl (C=O) groups excluding carboxylic acids is 1. The van der Waals surface area contributed by atoms with Crippen LogP contribution in [0.4, 0.5) is 0 Å². The summed E-state index contributed by atoms with van der Waals surface area (Å²) < 4.78 is 0. The van der Waals surface area contributed by atoms with Crippen molar-refractivity contribution < 1.29 is 45.6 Å². The molecule has 0 bridgehead atoms. The summed E-state index contributed by atoms with van der Waals surface area (Å²) in [7, 11) is 0. The zero-order chi connectivity index (χ0) is 14.6. The largest absolute Gasteiger partial charge is 0.394 e. The lowest BCUT2D eigenvalue weighted by molar-refractivity contribution is -0.244. The molecule has 0 fully saturated rings. The van der Waals surface area contributed by atoms with E-state index in [-0.39, 0.29) is 0 Å². The molecule has 4 atom stereocenters. The van der Waals surface area contributed by atoms with E-state index in [9.17, 15) is 20.1 Å². The molecule has 0 aliphatic rings. The minimum atomic E-state index is -3.09. The van der Waals surface area contributed by atoms with Crippen molar-refractivity contribution in [3.05, 3.63) is 0 Å². The maximum Gasteiger partial charge on any atom is 0.195 e. The third kappa shape index (κ3) is 2.68. The molecular formula is C9H18O9. The first kappa shape index (κ1) is 17.4. The fourth-order valence-electron chi connectivity index (χ4n) is 1.48. The maximum absolute atomic E-state index is 11.3. The van der Waals surface area contributed by atoms with Gasteiger partial charge in [0.1, 0.15) is 18.8 Å². The highest BCUT2D eigenvalue weighted by molar-refractivity contribution is 5.89. The predicted octanol–water partition coefficient (Wildman–Crippen LogP) is -5.29. The van der Waals surface area contributed by atoms with Gasteiger partial charge >= 0.3 is 0 Å². The van der Waals surface area contributed by atoms with Crippen molar-refractivity contribution in [1.29, 1.82) is 0 Å². The van der Waals surface area contributed by atoms with Gasteiger partial charge in [-0.1, -0.05) is 0 Å². The standard InChI is InChI=1S/C9H18O9/c10-1-5(14)7(16)9(18,4-13)8(17,3-12)6(15)2-11/h5,7,10-14,16-18H,1-4H2/t5-,7-,8+,9+/m1/s1. The first-order chi connectivity index (χ1) is 8.24. The van der Waals surface area contributed by atoms with Crippen LogP contribution in [-0.2, 0) is 4.79 Å². The van der Waals surface area contributed by atoms with Crippen molar-refractivity contribution in [2.75, 3.05) is 26.4 Å². The number of ketones is 1. The normalized spacial score (nSPS) is 21.8. The quantitative estimate of drug-likeness (QED) is 0.214. The number of Topliss-reactive ketones (excluding diaryl/α,β-unsaturated/α-hetero) is 1. The number of aliphatic hydroxyl groups is 8. The molecule has 0 saturated carbocycles. The molecule has 9 heteroatoms. The Morgan fingerprint density at radius 1 is 1.00 bits per heavy atom. The van der Waals surface area contributed by atoms with Crippen LogP contribution in [0, 0.1) is 0 Å². The Morgan fingerprint density at radius 2 is 1.50 bits per heavy atom. The van der Waals surface area contributed by atoms with E-state index in [0.717, 1.165) is 0 Å². The summed E-state index contributed by atoms with van der Waals surface area (Å²) in [5.74, 6) is -1.47. The van der Waals surface area contributed by atoms with E-state index in [2.05, 4.69) is 0 Å². The van der Waals surface area contributed by atoms with Crippen molar-refractivity contribution in [1.82, 2.24) is 0 Å². The van der Waals surface area contributed by atoms with Gasteiger partial charge in [-0.2, -0.15) is 0 Å². The van der Waals surface area contributed by atoms with Gasteiger partial charge in [0, 0.05) is 0 Å². The molecular weight excluding hydrogens is 252 g/mol. The van der Waals surface area contributed by atoms with Crippen LogP contribution >= 0.6 is 0 Å². The van der Waals surface area contributed by atoms with Crippen molar-refractivity contribution in [3.8, 4) is 0 Å². The molecule has 0 aromatic heterocycles. The number of hydrogen-bond acceptors (Lipinski definition) is 9. The summed E-state index contributed by atoms with van der Waals surface area (Å²) in [5.41, 5.74) is -6.14. The Morgan fingerprint density at radius 3 is 1.78 bits per heavy atom. The van der Waals surface area contributed by atoms with E-state index in [1.165, 1.54) is 0 Å². The first-order valence-electron chi connectivity index (χ1n) is 5.02. The second kappa shape index (κ2) is 6.50. The Labute approximate surface area is 102 Å². The number of aliphatic hydroxyl groups excluding tert-OH is 6. The van der Waals surface area contributed by atoms with Gasteiger partial charge in [-0.05, 0) is 0 Å². The molecule has 0 aliphatic heterocycles. The smallest absolute Gasteiger partial charge is 0.195 e. The fraction of sp³-hybridized carbons (Fsp3) is 0.889. The maximum atomic E-state index is 11.3. The minimum Gasteiger partial charge on any atom is -0.394 e. The van der Waals surface area contributed by atoms with Crippen molar-refractivity contribution in [3.63, 3.8) is 0 Å².